The number of benzene rings is 1. The summed E-state index contributed by atoms with van der Waals surface area (Å²) in [5.74, 6) is -0.403. The van der Waals surface area contributed by atoms with Gasteiger partial charge in [-0.3, -0.25) is 9.36 Å². The Bertz CT molecular complexity index is 766. The SMILES string of the molecule is C=C(C)n1c(=O)n(C(=O)C=CC)c2cc(Cl)ccc21. The van der Waals surface area contributed by atoms with E-state index in [0.717, 1.165) is 4.57 Å². The van der Waals surface area contributed by atoms with Crippen molar-refractivity contribution in [2.24, 2.45) is 0 Å². The number of carbonyl (C=O) groups excluding carboxylic acids is 1. The predicted molar refractivity (Wildman–Crippen MR) is 77.7 cm³/mol. The van der Waals surface area contributed by atoms with Crippen molar-refractivity contribution in [3.05, 3.63) is 52.4 Å². The lowest BCUT2D eigenvalue weighted by atomic mass is 10.3. The number of hydrogen-bond acceptors (Lipinski definition) is 2. The lowest BCUT2D eigenvalue weighted by molar-refractivity contribution is 0.0969. The fraction of sp³-hybridized carbons (Fsp3) is 0.143. The van der Waals surface area contributed by atoms with Crippen LogP contribution in [-0.4, -0.2) is 15.0 Å². The molecule has 0 amide bonds. The first kappa shape index (κ1) is 13.4. The molecule has 98 valence electrons. The van der Waals surface area contributed by atoms with Gasteiger partial charge in [-0.15, -0.1) is 0 Å². The molecule has 0 aliphatic heterocycles. The largest absolute Gasteiger partial charge is 0.340 e. The molecule has 2 rings (SSSR count). The standard InChI is InChI=1S/C14H13ClN2O2/c1-4-5-13(18)17-12-8-10(15)6-7-11(12)16(9(2)3)14(17)19/h4-8H,2H2,1,3H3. The number of fused-ring (bicyclic) bond motifs is 1. The van der Waals surface area contributed by atoms with Crippen LogP contribution in [0.1, 0.15) is 18.6 Å². The Morgan fingerprint density at radius 1 is 1.32 bits per heavy atom. The predicted octanol–water partition coefficient (Wildman–Crippen LogP) is 3.16. The first-order chi connectivity index (χ1) is 8.97. The normalized spacial score (nSPS) is 11.3. The molecule has 0 spiro atoms. The molecule has 0 aliphatic carbocycles. The van der Waals surface area contributed by atoms with Gasteiger partial charge in [0, 0.05) is 10.7 Å². The molecule has 19 heavy (non-hydrogen) atoms. The highest BCUT2D eigenvalue weighted by atomic mass is 35.5. The quantitative estimate of drug-likeness (QED) is 0.791. The fourth-order valence-electron chi connectivity index (χ4n) is 1.97. The van der Waals surface area contributed by atoms with Gasteiger partial charge in [0.1, 0.15) is 0 Å². The zero-order valence-electron chi connectivity index (χ0n) is 10.7. The van der Waals surface area contributed by atoms with Gasteiger partial charge in [-0.1, -0.05) is 24.3 Å². The second-order valence-electron chi connectivity index (χ2n) is 4.16. The summed E-state index contributed by atoms with van der Waals surface area (Å²) in [4.78, 5) is 24.3. The van der Waals surface area contributed by atoms with E-state index < -0.39 is 11.6 Å². The first-order valence-corrected chi connectivity index (χ1v) is 6.11. The number of nitrogens with zero attached hydrogens (tertiary/aromatic N) is 2. The van der Waals surface area contributed by atoms with Gasteiger partial charge in [-0.25, -0.2) is 9.36 Å². The molecule has 1 aromatic heterocycles. The zero-order valence-corrected chi connectivity index (χ0v) is 11.4. The molecule has 0 saturated heterocycles. The monoisotopic (exact) mass is 276 g/mol. The average Bonchev–Trinajstić information content (AvgIpc) is 2.60. The molecule has 1 aromatic carbocycles. The van der Waals surface area contributed by atoms with Crippen molar-refractivity contribution in [2.45, 2.75) is 13.8 Å². The molecular weight excluding hydrogens is 264 g/mol. The summed E-state index contributed by atoms with van der Waals surface area (Å²) in [6.07, 6.45) is 2.92. The number of carbonyl (C=O) groups is 1. The third kappa shape index (κ3) is 2.15. The lowest BCUT2D eigenvalue weighted by Gasteiger charge is -1.99. The van der Waals surface area contributed by atoms with Crippen molar-refractivity contribution in [3.63, 3.8) is 0 Å². The minimum absolute atomic E-state index is 0.403. The number of aromatic nitrogens is 2. The summed E-state index contributed by atoms with van der Waals surface area (Å²) in [5.41, 5.74) is 1.19. The van der Waals surface area contributed by atoms with Crippen molar-refractivity contribution in [1.82, 2.24) is 9.13 Å². The van der Waals surface area contributed by atoms with Crippen molar-refractivity contribution >= 4 is 34.2 Å². The highest BCUT2D eigenvalue weighted by molar-refractivity contribution is 6.31. The third-order valence-corrected chi connectivity index (χ3v) is 2.95. The molecule has 0 N–H and O–H groups in total. The smallest absolute Gasteiger partial charge is 0.269 e. The van der Waals surface area contributed by atoms with Gasteiger partial charge in [0.15, 0.2) is 0 Å². The number of rotatable bonds is 2. The number of hydrogen-bond donors (Lipinski definition) is 0. The van der Waals surface area contributed by atoms with E-state index in [4.69, 9.17) is 11.6 Å². The van der Waals surface area contributed by atoms with Gasteiger partial charge in [0.25, 0.3) is 5.91 Å². The van der Waals surface area contributed by atoms with Crippen molar-refractivity contribution in [2.75, 3.05) is 0 Å². The Hall–Kier alpha value is -2.07. The van der Waals surface area contributed by atoms with E-state index >= 15 is 0 Å². The third-order valence-electron chi connectivity index (χ3n) is 2.71. The minimum atomic E-state index is -0.437. The van der Waals surface area contributed by atoms with Crippen molar-refractivity contribution in [1.29, 1.82) is 0 Å². The van der Waals surface area contributed by atoms with Crippen molar-refractivity contribution < 1.29 is 4.79 Å². The van der Waals surface area contributed by atoms with Gasteiger partial charge in [-0.05, 0) is 38.1 Å². The van der Waals surface area contributed by atoms with E-state index in [-0.39, 0.29) is 0 Å². The molecular formula is C14H13ClN2O2. The van der Waals surface area contributed by atoms with Gasteiger partial charge in [-0.2, -0.15) is 0 Å². The Kier molecular flexibility index (Phi) is 3.44. The second-order valence-corrected chi connectivity index (χ2v) is 4.60. The highest BCUT2D eigenvalue weighted by Crippen LogP contribution is 2.20. The molecule has 1 heterocycles. The molecule has 0 radical (unpaired) electrons. The van der Waals surface area contributed by atoms with E-state index in [9.17, 15) is 9.59 Å². The van der Waals surface area contributed by atoms with E-state index in [1.807, 2.05) is 0 Å². The molecule has 0 aliphatic rings. The van der Waals surface area contributed by atoms with Crippen LogP contribution in [0.3, 0.4) is 0 Å². The Morgan fingerprint density at radius 3 is 2.58 bits per heavy atom. The van der Waals surface area contributed by atoms with Crippen molar-refractivity contribution in [3.8, 4) is 0 Å². The summed E-state index contributed by atoms with van der Waals surface area (Å²) in [7, 11) is 0. The molecule has 0 saturated carbocycles. The van der Waals surface area contributed by atoms with Crippen LogP contribution in [0.15, 0.2) is 41.7 Å². The molecule has 2 aromatic rings. The zero-order chi connectivity index (χ0) is 14.2. The summed E-state index contributed by atoms with van der Waals surface area (Å²) in [6, 6.07) is 4.97. The summed E-state index contributed by atoms with van der Waals surface area (Å²) in [6.45, 7) is 7.19. The van der Waals surface area contributed by atoms with Crippen LogP contribution in [0.25, 0.3) is 16.7 Å². The number of allylic oxidation sites excluding steroid dienone is 3. The molecule has 0 atom stereocenters. The van der Waals surface area contributed by atoms with Gasteiger partial charge < -0.3 is 0 Å². The maximum atomic E-state index is 12.3. The van der Waals surface area contributed by atoms with Crippen LogP contribution in [0.4, 0.5) is 0 Å². The molecule has 5 heteroatoms. The van der Waals surface area contributed by atoms with Gasteiger partial charge >= 0.3 is 5.69 Å². The Balaban J connectivity index is 2.94. The number of halogens is 1. The molecule has 0 bridgehead atoms. The highest BCUT2D eigenvalue weighted by Gasteiger charge is 2.17. The summed E-state index contributed by atoms with van der Waals surface area (Å²) in [5, 5.41) is 0.466. The Labute approximate surface area is 115 Å². The van der Waals surface area contributed by atoms with Crippen LogP contribution in [0.5, 0.6) is 0 Å². The van der Waals surface area contributed by atoms with Crippen LogP contribution in [-0.2, 0) is 0 Å². The van der Waals surface area contributed by atoms with E-state index in [1.165, 1.54) is 10.6 Å². The second kappa shape index (κ2) is 4.90. The van der Waals surface area contributed by atoms with E-state index in [2.05, 4.69) is 6.58 Å². The minimum Gasteiger partial charge on any atom is -0.269 e. The fourth-order valence-corrected chi connectivity index (χ4v) is 2.14. The maximum absolute atomic E-state index is 12.3. The maximum Gasteiger partial charge on any atom is 0.340 e. The van der Waals surface area contributed by atoms with Crippen LogP contribution in [0.2, 0.25) is 5.02 Å². The van der Waals surface area contributed by atoms with Crippen LogP contribution < -0.4 is 5.69 Å². The van der Waals surface area contributed by atoms with Crippen LogP contribution in [0, 0.1) is 0 Å². The molecule has 0 fully saturated rings. The topological polar surface area (TPSA) is 44.0 Å². The van der Waals surface area contributed by atoms with E-state index in [1.54, 1.807) is 38.1 Å². The van der Waals surface area contributed by atoms with Gasteiger partial charge in [0.05, 0.1) is 11.0 Å². The van der Waals surface area contributed by atoms with E-state index in [0.29, 0.717) is 21.8 Å². The molecule has 4 nitrogen and oxygen atoms in total. The number of imidazole rings is 1. The van der Waals surface area contributed by atoms with Crippen LogP contribution >= 0.6 is 11.6 Å². The molecule has 0 unspecified atom stereocenters. The first-order valence-electron chi connectivity index (χ1n) is 5.73. The average molecular weight is 277 g/mol. The Morgan fingerprint density at radius 2 is 2.00 bits per heavy atom. The van der Waals surface area contributed by atoms with Gasteiger partial charge in [0.2, 0.25) is 0 Å². The lowest BCUT2D eigenvalue weighted by Crippen LogP contribution is -2.27. The summed E-state index contributed by atoms with van der Waals surface area (Å²) < 4.78 is 2.49. The summed E-state index contributed by atoms with van der Waals surface area (Å²) >= 11 is 5.94.